The third-order valence-electron chi connectivity index (χ3n) is 1.77. The Bertz CT molecular complexity index is 196. The third-order valence-corrected chi connectivity index (χ3v) is 1.77. The first-order chi connectivity index (χ1) is 6.07. The van der Waals surface area contributed by atoms with Gasteiger partial charge in [-0.3, -0.25) is 9.69 Å². The van der Waals surface area contributed by atoms with E-state index in [1.54, 1.807) is 19.0 Å². The van der Waals surface area contributed by atoms with Crippen molar-refractivity contribution in [1.82, 2.24) is 9.80 Å². The summed E-state index contributed by atoms with van der Waals surface area (Å²) in [6.07, 6.45) is 1.37. The molecule has 4 nitrogen and oxygen atoms in total. The molecule has 74 valence electrons. The molecule has 0 bridgehead atoms. The van der Waals surface area contributed by atoms with Crippen molar-refractivity contribution in [3.63, 3.8) is 0 Å². The zero-order chi connectivity index (χ0) is 10.3. The highest BCUT2D eigenvalue weighted by atomic mass is 16.2. The Kier molecular flexibility index (Phi) is 5.90. The summed E-state index contributed by atoms with van der Waals surface area (Å²) in [5.74, 6) is 0.144. The molecular weight excluding hydrogens is 166 g/mol. The van der Waals surface area contributed by atoms with Gasteiger partial charge in [-0.15, -0.1) is 0 Å². The van der Waals surface area contributed by atoms with Gasteiger partial charge in [0.05, 0.1) is 12.6 Å². The summed E-state index contributed by atoms with van der Waals surface area (Å²) in [5.41, 5.74) is 0. The van der Waals surface area contributed by atoms with Crippen molar-refractivity contribution in [3.8, 4) is 6.07 Å². The lowest BCUT2D eigenvalue weighted by Gasteiger charge is -2.13. The second kappa shape index (κ2) is 6.44. The van der Waals surface area contributed by atoms with Crippen LogP contribution in [-0.4, -0.2) is 49.9 Å². The van der Waals surface area contributed by atoms with Crippen molar-refractivity contribution in [2.24, 2.45) is 0 Å². The van der Waals surface area contributed by atoms with Crippen LogP contribution in [0, 0.1) is 11.3 Å². The van der Waals surface area contributed by atoms with Gasteiger partial charge in [-0.25, -0.2) is 0 Å². The normalized spacial score (nSPS) is 9.77. The van der Waals surface area contributed by atoms with E-state index in [4.69, 9.17) is 5.26 Å². The van der Waals surface area contributed by atoms with Gasteiger partial charge in [-0.2, -0.15) is 5.26 Å². The molecule has 4 heteroatoms. The Labute approximate surface area is 79.7 Å². The highest BCUT2D eigenvalue weighted by Gasteiger charge is 2.04. The molecule has 0 aromatic rings. The molecule has 0 unspecified atom stereocenters. The van der Waals surface area contributed by atoms with Gasteiger partial charge in [0.15, 0.2) is 0 Å². The number of hydrogen-bond donors (Lipinski definition) is 0. The highest BCUT2D eigenvalue weighted by molar-refractivity contribution is 5.75. The molecule has 0 atom stereocenters. The molecule has 1 amide bonds. The smallest absolute Gasteiger partial charge is 0.222 e. The standard InChI is InChI=1S/C9H17N3O/c1-11(2)9(13)5-4-7-12(3)8-6-10/h4-5,7-8H2,1-3H3. The van der Waals surface area contributed by atoms with Crippen LogP contribution in [0.25, 0.3) is 0 Å². The van der Waals surface area contributed by atoms with Crippen LogP contribution < -0.4 is 0 Å². The number of amides is 1. The van der Waals surface area contributed by atoms with Gasteiger partial charge in [0.25, 0.3) is 0 Å². The fraction of sp³-hybridized carbons (Fsp3) is 0.778. The number of hydrogen-bond acceptors (Lipinski definition) is 3. The number of carbonyl (C=O) groups is 1. The van der Waals surface area contributed by atoms with E-state index in [0.717, 1.165) is 13.0 Å². The summed E-state index contributed by atoms with van der Waals surface area (Å²) in [6.45, 7) is 1.23. The molecule has 0 radical (unpaired) electrons. The largest absolute Gasteiger partial charge is 0.349 e. The van der Waals surface area contributed by atoms with Crippen LogP contribution in [0.2, 0.25) is 0 Å². The predicted molar refractivity (Wildman–Crippen MR) is 51.0 cm³/mol. The molecule has 0 spiro atoms. The minimum atomic E-state index is 0.144. The van der Waals surface area contributed by atoms with Crippen molar-refractivity contribution in [2.45, 2.75) is 12.8 Å². The third kappa shape index (κ3) is 6.12. The Morgan fingerprint density at radius 3 is 2.46 bits per heavy atom. The Morgan fingerprint density at radius 1 is 1.38 bits per heavy atom. The van der Waals surface area contributed by atoms with E-state index >= 15 is 0 Å². The highest BCUT2D eigenvalue weighted by Crippen LogP contribution is 1.95. The van der Waals surface area contributed by atoms with Crippen LogP contribution in [-0.2, 0) is 4.79 Å². The molecule has 13 heavy (non-hydrogen) atoms. The van der Waals surface area contributed by atoms with Gasteiger partial charge in [-0.05, 0) is 20.0 Å². The lowest BCUT2D eigenvalue weighted by molar-refractivity contribution is -0.128. The minimum absolute atomic E-state index is 0.144. The molecule has 0 aliphatic carbocycles. The maximum absolute atomic E-state index is 11.1. The van der Waals surface area contributed by atoms with E-state index in [1.165, 1.54) is 0 Å². The van der Waals surface area contributed by atoms with Crippen molar-refractivity contribution < 1.29 is 4.79 Å². The number of carbonyl (C=O) groups excluding carboxylic acids is 1. The van der Waals surface area contributed by atoms with Crippen LogP contribution in [0.4, 0.5) is 0 Å². The summed E-state index contributed by atoms with van der Waals surface area (Å²) >= 11 is 0. The SMILES string of the molecule is CN(CC#N)CCCC(=O)N(C)C. The van der Waals surface area contributed by atoms with Crippen molar-refractivity contribution in [3.05, 3.63) is 0 Å². The average molecular weight is 183 g/mol. The van der Waals surface area contributed by atoms with E-state index in [1.807, 2.05) is 11.9 Å². The van der Waals surface area contributed by atoms with Crippen LogP contribution in [0.15, 0.2) is 0 Å². The van der Waals surface area contributed by atoms with Crippen LogP contribution in [0.3, 0.4) is 0 Å². The van der Waals surface area contributed by atoms with Gasteiger partial charge >= 0.3 is 0 Å². The molecule has 0 aliphatic heterocycles. The summed E-state index contributed by atoms with van der Waals surface area (Å²) < 4.78 is 0. The number of nitriles is 1. The van der Waals surface area contributed by atoms with Gasteiger partial charge < -0.3 is 4.90 Å². The average Bonchev–Trinajstić information content (AvgIpc) is 2.04. The lowest BCUT2D eigenvalue weighted by Crippen LogP contribution is -2.24. The van der Waals surface area contributed by atoms with E-state index in [-0.39, 0.29) is 5.91 Å². The maximum Gasteiger partial charge on any atom is 0.222 e. The molecule has 0 heterocycles. The fourth-order valence-electron chi connectivity index (χ4n) is 0.924. The lowest BCUT2D eigenvalue weighted by atomic mass is 10.3. The van der Waals surface area contributed by atoms with Gasteiger partial charge in [0, 0.05) is 20.5 Å². The van der Waals surface area contributed by atoms with Crippen molar-refractivity contribution in [2.75, 3.05) is 34.2 Å². The first-order valence-corrected chi connectivity index (χ1v) is 4.33. The zero-order valence-corrected chi connectivity index (χ0v) is 8.58. The van der Waals surface area contributed by atoms with E-state index in [0.29, 0.717) is 13.0 Å². The Hall–Kier alpha value is -1.08. The fourth-order valence-corrected chi connectivity index (χ4v) is 0.924. The van der Waals surface area contributed by atoms with E-state index in [2.05, 4.69) is 6.07 Å². The van der Waals surface area contributed by atoms with Gasteiger partial charge in [-0.1, -0.05) is 0 Å². The van der Waals surface area contributed by atoms with Crippen LogP contribution in [0.1, 0.15) is 12.8 Å². The first-order valence-electron chi connectivity index (χ1n) is 4.33. The first kappa shape index (κ1) is 11.9. The van der Waals surface area contributed by atoms with Crippen molar-refractivity contribution >= 4 is 5.91 Å². The minimum Gasteiger partial charge on any atom is -0.349 e. The molecule has 0 saturated heterocycles. The number of nitrogens with zero attached hydrogens (tertiary/aromatic N) is 3. The predicted octanol–water partition coefficient (Wildman–Crippen LogP) is 0.310. The monoisotopic (exact) mass is 183 g/mol. The summed E-state index contributed by atoms with van der Waals surface area (Å²) in [7, 11) is 5.38. The molecule has 0 rings (SSSR count). The quantitative estimate of drug-likeness (QED) is 0.576. The van der Waals surface area contributed by atoms with Crippen LogP contribution in [0.5, 0.6) is 0 Å². The summed E-state index contributed by atoms with van der Waals surface area (Å²) in [5, 5.41) is 8.37. The molecular formula is C9H17N3O. The second-order valence-corrected chi connectivity index (χ2v) is 3.29. The van der Waals surface area contributed by atoms with E-state index < -0.39 is 0 Å². The molecule has 0 fully saturated rings. The maximum atomic E-state index is 11.1. The number of rotatable bonds is 5. The topological polar surface area (TPSA) is 47.3 Å². The summed E-state index contributed by atoms with van der Waals surface area (Å²) in [6, 6.07) is 2.06. The van der Waals surface area contributed by atoms with Gasteiger partial charge in [0.2, 0.25) is 5.91 Å². The molecule has 0 aromatic heterocycles. The van der Waals surface area contributed by atoms with E-state index in [9.17, 15) is 4.79 Å². The molecule has 0 aliphatic rings. The second-order valence-electron chi connectivity index (χ2n) is 3.29. The van der Waals surface area contributed by atoms with Gasteiger partial charge in [0.1, 0.15) is 0 Å². The Balaban J connectivity index is 3.46. The van der Waals surface area contributed by atoms with Crippen LogP contribution >= 0.6 is 0 Å². The molecule has 0 aromatic carbocycles. The summed E-state index contributed by atoms with van der Waals surface area (Å²) in [4.78, 5) is 14.6. The van der Waals surface area contributed by atoms with Crippen molar-refractivity contribution in [1.29, 1.82) is 5.26 Å². The molecule has 0 saturated carbocycles. The molecule has 0 N–H and O–H groups in total. The zero-order valence-electron chi connectivity index (χ0n) is 8.58. The Morgan fingerprint density at radius 2 is 2.00 bits per heavy atom.